The number of aryl methyl sites for hydroxylation is 1. The van der Waals surface area contributed by atoms with Crippen LogP contribution in [0.2, 0.25) is 0 Å². The molecular formula is C11H14N4O. The van der Waals surface area contributed by atoms with Gasteiger partial charge in [0.2, 0.25) is 0 Å². The van der Waals surface area contributed by atoms with E-state index in [4.69, 9.17) is 4.42 Å². The van der Waals surface area contributed by atoms with Crippen LogP contribution in [-0.4, -0.2) is 19.7 Å². The Morgan fingerprint density at radius 2 is 2.31 bits per heavy atom. The van der Waals surface area contributed by atoms with Gasteiger partial charge in [0.15, 0.2) is 18.0 Å². The van der Waals surface area contributed by atoms with E-state index in [0.717, 1.165) is 36.2 Å². The summed E-state index contributed by atoms with van der Waals surface area (Å²) in [6.07, 6.45) is 6.69. The summed E-state index contributed by atoms with van der Waals surface area (Å²) in [6.45, 7) is 2.83. The molecule has 16 heavy (non-hydrogen) atoms. The lowest BCUT2D eigenvalue weighted by atomic mass is 10.2. The molecule has 0 aromatic carbocycles. The third-order valence-electron chi connectivity index (χ3n) is 2.94. The highest BCUT2D eigenvalue weighted by Gasteiger charge is 2.26. The molecule has 1 fully saturated rings. The zero-order valence-corrected chi connectivity index (χ0v) is 9.26. The molecule has 2 heterocycles. The average molecular weight is 218 g/mol. The van der Waals surface area contributed by atoms with Crippen molar-refractivity contribution in [3.63, 3.8) is 0 Å². The molecule has 0 spiro atoms. The summed E-state index contributed by atoms with van der Waals surface area (Å²) in [5, 5.41) is 4.14. The number of nitrogens with zero attached hydrogens (tertiary/aromatic N) is 4. The summed E-state index contributed by atoms with van der Waals surface area (Å²) in [5.74, 6) is 2.36. The standard InChI is InChI=1S/C11H14N4O/c1-2-15-11(12-6-14-15)10-9(13-7-16-10)5-8-3-4-8/h6-8H,2-5H2,1H3. The Bertz CT molecular complexity index is 484. The van der Waals surface area contributed by atoms with Crippen LogP contribution >= 0.6 is 0 Å². The Hall–Kier alpha value is -1.65. The van der Waals surface area contributed by atoms with Gasteiger partial charge in [-0.15, -0.1) is 0 Å². The van der Waals surface area contributed by atoms with Crippen molar-refractivity contribution in [3.05, 3.63) is 18.4 Å². The smallest absolute Gasteiger partial charge is 0.196 e. The zero-order chi connectivity index (χ0) is 11.0. The van der Waals surface area contributed by atoms with Crippen LogP contribution in [-0.2, 0) is 13.0 Å². The predicted octanol–water partition coefficient (Wildman–Crippen LogP) is 1.91. The highest BCUT2D eigenvalue weighted by atomic mass is 16.3. The minimum atomic E-state index is 0.784. The highest BCUT2D eigenvalue weighted by molar-refractivity contribution is 5.50. The first-order valence-corrected chi connectivity index (χ1v) is 5.69. The van der Waals surface area contributed by atoms with Gasteiger partial charge < -0.3 is 4.42 Å². The molecule has 1 aliphatic rings. The van der Waals surface area contributed by atoms with Crippen molar-refractivity contribution < 1.29 is 4.42 Å². The van der Waals surface area contributed by atoms with Gasteiger partial charge in [-0.2, -0.15) is 5.10 Å². The quantitative estimate of drug-likeness (QED) is 0.786. The first-order valence-electron chi connectivity index (χ1n) is 5.69. The average Bonchev–Trinajstić information content (AvgIpc) is 2.80. The molecule has 2 aromatic heterocycles. The van der Waals surface area contributed by atoms with Crippen molar-refractivity contribution in [1.29, 1.82) is 0 Å². The highest BCUT2D eigenvalue weighted by Crippen LogP contribution is 2.34. The molecule has 3 rings (SSSR count). The Morgan fingerprint density at radius 1 is 1.44 bits per heavy atom. The number of rotatable bonds is 4. The maximum Gasteiger partial charge on any atom is 0.196 e. The van der Waals surface area contributed by atoms with Gasteiger partial charge in [-0.05, 0) is 32.1 Å². The van der Waals surface area contributed by atoms with Crippen LogP contribution in [0.3, 0.4) is 0 Å². The molecule has 5 nitrogen and oxygen atoms in total. The monoisotopic (exact) mass is 218 g/mol. The topological polar surface area (TPSA) is 56.7 Å². The van der Waals surface area contributed by atoms with E-state index in [0.29, 0.717) is 0 Å². The summed E-state index contributed by atoms with van der Waals surface area (Å²) in [4.78, 5) is 8.52. The fraction of sp³-hybridized carbons (Fsp3) is 0.545. The minimum Gasteiger partial charge on any atom is -0.440 e. The maximum atomic E-state index is 5.45. The lowest BCUT2D eigenvalue weighted by Crippen LogP contribution is -2.01. The van der Waals surface area contributed by atoms with Gasteiger partial charge in [0.25, 0.3) is 0 Å². The van der Waals surface area contributed by atoms with Crippen LogP contribution in [0.15, 0.2) is 17.1 Å². The first kappa shape index (κ1) is 9.57. The lowest BCUT2D eigenvalue weighted by Gasteiger charge is -2.01. The fourth-order valence-electron chi connectivity index (χ4n) is 1.86. The molecule has 0 N–H and O–H groups in total. The number of hydrogen-bond donors (Lipinski definition) is 0. The van der Waals surface area contributed by atoms with Crippen LogP contribution in [0.1, 0.15) is 25.5 Å². The van der Waals surface area contributed by atoms with Crippen molar-refractivity contribution in [3.8, 4) is 11.6 Å². The van der Waals surface area contributed by atoms with E-state index < -0.39 is 0 Å². The molecule has 0 bridgehead atoms. The second-order valence-corrected chi connectivity index (χ2v) is 4.18. The number of aromatic nitrogens is 4. The summed E-state index contributed by atoms with van der Waals surface area (Å²) >= 11 is 0. The van der Waals surface area contributed by atoms with Crippen LogP contribution in [0.25, 0.3) is 11.6 Å². The van der Waals surface area contributed by atoms with Crippen molar-refractivity contribution in [1.82, 2.24) is 19.7 Å². The first-order chi connectivity index (χ1) is 7.88. The van der Waals surface area contributed by atoms with Gasteiger partial charge >= 0.3 is 0 Å². The lowest BCUT2D eigenvalue weighted by molar-refractivity contribution is 0.553. The van der Waals surface area contributed by atoms with Crippen molar-refractivity contribution in [2.24, 2.45) is 5.92 Å². The largest absolute Gasteiger partial charge is 0.440 e. The summed E-state index contributed by atoms with van der Waals surface area (Å²) < 4.78 is 7.28. The molecule has 0 unspecified atom stereocenters. The second kappa shape index (κ2) is 3.73. The normalized spacial score (nSPS) is 15.6. The van der Waals surface area contributed by atoms with Crippen LogP contribution in [0.5, 0.6) is 0 Å². The van der Waals surface area contributed by atoms with Crippen LogP contribution in [0, 0.1) is 5.92 Å². The summed E-state index contributed by atoms with van der Waals surface area (Å²) in [5.41, 5.74) is 1.02. The van der Waals surface area contributed by atoms with E-state index in [1.165, 1.54) is 19.2 Å². The number of hydrogen-bond acceptors (Lipinski definition) is 4. The van der Waals surface area contributed by atoms with Gasteiger partial charge in [0, 0.05) is 6.54 Å². The van der Waals surface area contributed by atoms with E-state index in [1.807, 2.05) is 11.6 Å². The number of oxazole rings is 1. The van der Waals surface area contributed by atoms with Crippen molar-refractivity contribution in [2.75, 3.05) is 0 Å². The third-order valence-corrected chi connectivity index (χ3v) is 2.94. The van der Waals surface area contributed by atoms with Gasteiger partial charge in [-0.1, -0.05) is 0 Å². The molecule has 0 radical (unpaired) electrons. The van der Waals surface area contributed by atoms with E-state index in [2.05, 4.69) is 15.1 Å². The molecule has 0 amide bonds. The zero-order valence-electron chi connectivity index (χ0n) is 9.26. The van der Waals surface area contributed by atoms with Gasteiger partial charge in [-0.25, -0.2) is 14.6 Å². The van der Waals surface area contributed by atoms with Crippen molar-refractivity contribution in [2.45, 2.75) is 32.7 Å². The predicted molar refractivity (Wildman–Crippen MR) is 57.6 cm³/mol. The van der Waals surface area contributed by atoms with E-state index in [1.54, 1.807) is 6.33 Å². The Kier molecular flexibility index (Phi) is 2.23. The van der Waals surface area contributed by atoms with E-state index in [9.17, 15) is 0 Å². The fourth-order valence-corrected chi connectivity index (χ4v) is 1.86. The maximum absolute atomic E-state index is 5.45. The molecule has 1 saturated carbocycles. The van der Waals surface area contributed by atoms with Gasteiger partial charge in [0.05, 0.1) is 5.69 Å². The molecule has 2 aromatic rings. The summed E-state index contributed by atoms with van der Waals surface area (Å²) in [7, 11) is 0. The van der Waals surface area contributed by atoms with Crippen LogP contribution in [0.4, 0.5) is 0 Å². The minimum absolute atomic E-state index is 0.784. The SMILES string of the molecule is CCn1ncnc1-c1ocnc1CC1CC1. The molecule has 0 atom stereocenters. The Morgan fingerprint density at radius 3 is 3.06 bits per heavy atom. The Balaban J connectivity index is 1.95. The van der Waals surface area contributed by atoms with Crippen molar-refractivity contribution >= 4 is 0 Å². The molecule has 0 saturated heterocycles. The molecule has 5 heteroatoms. The summed E-state index contributed by atoms with van der Waals surface area (Å²) in [6, 6.07) is 0. The molecule has 0 aliphatic heterocycles. The van der Waals surface area contributed by atoms with Crippen LogP contribution < -0.4 is 0 Å². The van der Waals surface area contributed by atoms with Gasteiger partial charge in [-0.3, -0.25) is 0 Å². The van der Waals surface area contributed by atoms with E-state index in [-0.39, 0.29) is 0 Å². The molecule has 84 valence electrons. The van der Waals surface area contributed by atoms with Gasteiger partial charge in [0.1, 0.15) is 6.33 Å². The Labute approximate surface area is 93.5 Å². The molecule has 1 aliphatic carbocycles. The second-order valence-electron chi connectivity index (χ2n) is 4.18. The third kappa shape index (κ3) is 1.62. The van der Waals surface area contributed by atoms with E-state index >= 15 is 0 Å². The molecular weight excluding hydrogens is 204 g/mol.